The Bertz CT molecular complexity index is 1120. The molecule has 1 saturated carbocycles. The quantitative estimate of drug-likeness (QED) is 0.635. The van der Waals surface area contributed by atoms with Crippen molar-refractivity contribution in [3.05, 3.63) is 39.1 Å². The summed E-state index contributed by atoms with van der Waals surface area (Å²) < 4.78 is 9.32. The van der Waals surface area contributed by atoms with Crippen molar-refractivity contribution in [2.45, 2.75) is 92.0 Å². The minimum Gasteiger partial charge on any atom is -0.356 e. The maximum atomic E-state index is 13.2. The summed E-state index contributed by atoms with van der Waals surface area (Å²) in [4.78, 5) is 26.3. The number of anilines is 1. The fourth-order valence-corrected chi connectivity index (χ4v) is 5.46. The maximum Gasteiger partial charge on any atom is 0.291 e. The predicted molar refractivity (Wildman–Crippen MR) is 130 cm³/mol. The number of carbonyl (C=O) groups excluding carboxylic acids is 1. The molecule has 0 bridgehead atoms. The number of amides is 1. The van der Waals surface area contributed by atoms with E-state index in [1.54, 1.807) is 0 Å². The summed E-state index contributed by atoms with van der Waals surface area (Å²) in [6.45, 7) is 10.6. The van der Waals surface area contributed by atoms with Crippen molar-refractivity contribution in [3.63, 3.8) is 0 Å². The Kier molecular flexibility index (Phi) is 6.43. The number of carbonyl (C=O) groups is 1. The van der Waals surface area contributed by atoms with Gasteiger partial charge in [-0.05, 0) is 62.9 Å². The molecular formula is C26H38N4O3. The molecule has 180 valence electrons. The van der Waals surface area contributed by atoms with Gasteiger partial charge in [-0.25, -0.2) is 4.68 Å². The summed E-state index contributed by atoms with van der Waals surface area (Å²) in [7, 11) is 1.89. The minimum absolute atomic E-state index is 0.139. The van der Waals surface area contributed by atoms with Crippen molar-refractivity contribution in [1.29, 1.82) is 0 Å². The Balaban J connectivity index is 1.55. The smallest absolute Gasteiger partial charge is 0.291 e. The van der Waals surface area contributed by atoms with E-state index in [4.69, 9.17) is 4.52 Å². The molecule has 1 atom stereocenters. The van der Waals surface area contributed by atoms with Gasteiger partial charge in [0, 0.05) is 12.6 Å². The molecule has 7 heteroatoms. The summed E-state index contributed by atoms with van der Waals surface area (Å²) in [6.07, 6.45) is 10.8. The van der Waals surface area contributed by atoms with Crippen molar-refractivity contribution in [3.8, 4) is 0 Å². The molecule has 0 spiro atoms. The van der Waals surface area contributed by atoms with Gasteiger partial charge < -0.3 is 9.84 Å². The van der Waals surface area contributed by atoms with Crippen LogP contribution in [0.3, 0.4) is 0 Å². The molecule has 0 aromatic carbocycles. The molecular weight excluding hydrogens is 416 g/mol. The lowest BCUT2D eigenvalue weighted by Gasteiger charge is -2.32. The highest BCUT2D eigenvalue weighted by molar-refractivity contribution is 6.04. The van der Waals surface area contributed by atoms with Crippen molar-refractivity contribution in [2.75, 3.05) is 5.32 Å². The van der Waals surface area contributed by atoms with Gasteiger partial charge >= 0.3 is 0 Å². The van der Waals surface area contributed by atoms with Crippen molar-refractivity contribution in [2.24, 2.45) is 18.4 Å². The lowest BCUT2D eigenvalue weighted by atomic mass is 9.73. The minimum atomic E-state index is -0.395. The van der Waals surface area contributed by atoms with Gasteiger partial charge in [0.25, 0.3) is 11.5 Å². The standard InChI is InChI=1S/C26H38N4O3/c1-16-21(28-33-23(16)18-12-14-19(15-13-18)26(3,4)5)24(31)27-22-17(2)29(6)30(25(22)32)20-10-8-7-9-11-20/h12,19-20H,7-11,13-15H2,1-6H3,(H,27,31). The van der Waals surface area contributed by atoms with Gasteiger partial charge in [-0.15, -0.1) is 0 Å². The SMILES string of the molecule is Cc1c(C(=O)Nc2c(C)n(C)n(C3CCCCC3)c2=O)noc1C1=CCC(C(C)(C)C)CC1. The number of allylic oxidation sites excluding steroid dienone is 2. The van der Waals surface area contributed by atoms with Crippen LogP contribution < -0.4 is 10.9 Å². The highest BCUT2D eigenvalue weighted by atomic mass is 16.5. The van der Waals surface area contributed by atoms with Crippen LogP contribution in [0.25, 0.3) is 5.57 Å². The molecule has 2 aliphatic carbocycles. The van der Waals surface area contributed by atoms with E-state index in [2.05, 4.69) is 37.3 Å². The molecule has 2 heterocycles. The second-order valence-electron chi connectivity index (χ2n) is 10.9. The molecule has 1 unspecified atom stereocenters. The lowest BCUT2D eigenvalue weighted by molar-refractivity contribution is 0.101. The number of nitrogens with zero attached hydrogens (tertiary/aromatic N) is 3. The first-order valence-electron chi connectivity index (χ1n) is 12.3. The third-order valence-corrected chi connectivity index (χ3v) is 7.82. The topological polar surface area (TPSA) is 82.1 Å². The highest BCUT2D eigenvalue weighted by Gasteiger charge is 2.30. The summed E-state index contributed by atoms with van der Waals surface area (Å²) in [5.41, 5.74) is 3.33. The van der Waals surface area contributed by atoms with Crippen LogP contribution in [-0.2, 0) is 7.05 Å². The average Bonchev–Trinajstić information content (AvgIpc) is 3.26. The molecule has 33 heavy (non-hydrogen) atoms. The van der Waals surface area contributed by atoms with Gasteiger partial charge in [0.15, 0.2) is 11.5 Å². The third-order valence-electron chi connectivity index (χ3n) is 7.82. The average molecular weight is 455 g/mol. The van der Waals surface area contributed by atoms with Gasteiger partial charge in [0.05, 0.1) is 11.7 Å². The van der Waals surface area contributed by atoms with Gasteiger partial charge in [0.2, 0.25) is 0 Å². The first kappa shape index (κ1) is 23.6. The zero-order valence-corrected chi connectivity index (χ0v) is 21.0. The zero-order valence-electron chi connectivity index (χ0n) is 21.0. The Labute approximate surface area is 196 Å². The summed E-state index contributed by atoms with van der Waals surface area (Å²) in [5.74, 6) is 0.935. The van der Waals surface area contributed by atoms with E-state index in [0.717, 1.165) is 61.8 Å². The molecule has 4 rings (SSSR count). The van der Waals surface area contributed by atoms with E-state index >= 15 is 0 Å². The van der Waals surface area contributed by atoms with E-state index < -0.39 is 5.91 Å². The normalized spacial score (nSPS) is 20.1. The first-order valence-corrected chi connectivity index (χ1v) is 12.3. The molecule has 2 aliphatic rings. The van der Waals surface area contributed by atoms with Gasteiger partial charge in [-0.3, -0.25) is 14.3 Å². The third kappa shape index (κ3) is 4.46. The van der Waals surface area contributed by atoms with Crippen LogP contribution in [0, 0.1) is 25.2 Å². The van der Waals surface area contributed by atoms with E-state index in [9.17, 15) is 9.59 Å². The van der Waals surface area contributed by atoms with Crippen molar-refractivity contribution in [1.82, 2.24) is 14.5 Å². The van der Waals surface area contributed by atoms with E-state index in [1.807, 2.05) is 30.3 Å². The molecule has 1 N–H and O–H groups in total. The van der Waals surface area contributed by atoms with E-state index in [0.29, 0.717) is 17.4 Å². The predicted octanol–water partition coefficient (Wildman–Crippen LogP) is 5.78. The number of hydrogen-bond donors (Lipinski definition) is 1. The molecule has 7 nitrogen and oxygen atoms in total. The molecule has 1 amide bonds. The Morgan fingerprint density at radius 1 is 1.15 bits per heavy atom. The first-order chi connectivity index (χ1) is 15.6. The second kappa shape index (κ2) is 8.99. The van der Waals surface area contributed by atoms with Crippen LogP contribution >= 0.6 is 0 Å². The summed E-state index contributed by atoms with van der Waals surface area (Å²) in [6, 6.07) is 0.191. The van der Waals surface area contributed by atoms with E-state index in [1.165, 1.54) is 6.42 Å². The summed E-state index contributed by atoms with van der Waals surface area (Å²) in [5, 5.41) is 6.93. The number of rotatable bonds is 4. The van der Waals surface area contributed by atoms with Crippen molar-refractivity contribution < 1.29 is 9.32 Å². The van der Waals surface area contributed by atoms with Gasteiger partial charge in [-0.1, -0.05) is 51.3 Å². The van der Waals surface area contributed by atoms with Crippen LogP contribution in [0.2, 0.25) is 0 Å². The Morgan fingerprint density at radius 2 is 1.85 bits per heavy atom. The van der Waals surface area contributed by atoms with E-state index in [-0.39, 0.29) is 22.7 Å². The zero-order chi connectivity index (χ0) is 23.9. The van der Waals surface area contributed by atoms with Crippen LogP contribution in [0.5, 0.6) is 0 Å². The van der Waals surface area contributed by atoms with Crippen LogP contribution in [0.1, 0.15) is 106 Å². The van der Waals surface area contributed by atoms with Crippen LogP contribution in [-0.4, -0.2) is 20.4 Å². The molecule has 2 aromatic rings. The highest BCUT2D eigenvalue weighted by Crippen LogP contribution is 2.40. The fourth-order valence-electron chi connectivity index (χ4n) is 5.46. The number of hydrogen-bond acceptors (Lipinski definition) is 4. The maximum absolute atomic E-state index is 13.2. The van der Waals surface area contributed by atoms with Gasteiger partial charge in [-0.2, -0.15) is 0 Å². The molecule has 0 saturated heterocycles. The van der Waals surface area contributed by atoms with Gasteiger partial charge in [0.1, 0.15) is 5.69 Å². The molecule has 0 radical (unpaired) electrons. The monoisotopic (exact) mass is 454 g/mol. The van der Waals surface area contributed by atoms with Crippen LogP contribution in [0.15, 0.2) is 15.4 Å². The van der Waals surface area contributed by atoms with Crippen LogP contribution in [0.4, 0.5) is 5.69 Å². The second-order valence-corrected chi connectivity index (χ2v) is 10.9. The Morgan fingerprint density at radius 3 is 2.45 bits per heavy atom. The number of aromatic nitrogens is 3. The molecule has 0 aliphatic heterocycles. The largest absolute Gasteiger partial charge is 0.356 e. The Hall–Kier alpha value is -2.57. The fraction of sp³-hybridized carbons (Fsp3) is 0.654. The summed E-state index contributed by atoms with van der Waals surface area (Å²) >= 11 is 0. The molecule has 2 aromatic heterocycles. The lowest BCUT2D eigenvalue weighted by Crippen LogP contribution is -2.29. The molecule has 1 fully saturated rings. The van der Waals surface area contributed by atoms with Crippen molar-refractivity contribution >= 4 is 17.2 Å². The number of nitrogens with one attached hydrogen (secondary N) is 1.